The number of hydrogen-bond acceptors (Lipinski definition) is 5. The summed E-state index contributed by atoms with van der Waals surface area (Å²) in [7, 11) is 1.26. The minimum Gasteiger partial charge on any atom is -0.467 e. The first-order valence-corrected chi connectivity index (χ1v) is 6.66. The zero-order chi connectivity index (χ0) is 15.6. The van der Waals surface area contributed by atoms with Crippen molar-refractivity contribution in [2.45, 2.75) is 18.9 Å². The summed E-state index contributed by atoms with van der Waals surface area (Å²) in [5.41, 5.74) is -0.210. The molecule has 1 aromatic rings. The van der Waals surface area contributed by atoms with E-state index < -0.39 is 22.8 Å². The van der Waals surface area contributed by atoms with E-state index in [9.17, 15) is 19.7 Å². The number of esters is 1. The monoisotopic (exact) mass is 312 g/mol. The van der Waals surface area contributed by atoms with Gasteiger partial charge in [-0.2, -0.15) is 0 Å². The molecule has 8 heteroatoms. The number of nitro groups is 1. The van der Waals surface area contributed by atoms with E-state index >= 15 is 0 Å². The Balaban J connectivity index is 2.29. The second-order valence-corrected chi connectivity index (χ2v) is 5.01. The lowest BCUT2D eigenvalue weighted by Gasteiger charge is -2.22. The van der Waals surface area contributed by atoms with Crippen molar-refractivity contribution in [3.8, 4) is 0 Å². The first-order valence-electron chi connectivity index (χ1n) is 6.28. The van der Waals surface area contributed by atoms with Gasteiger partial charge in [0.1, 0.15) is 11.1 Å². The van der Waals surface area contributed by atoms with E-state index in [2.05, 4.69) is 4.74 Å². The molecule has 0 unspecified atom stereocenters. The number of likely N-dealkylation sites (tertiary alicyclic amines) is 1. The van der Waals surface area contributed by atoms with Gasteiger partial charge in [0.2, 0.25) is 0 Å². The van der Waals surface area contributed by atoms with Crippen LogP contribution in [0.15, 0.2) is 18.2 Å². The van der Waals surface area contributed by atoms with Crippen molar-refractivity contribution >= 4 is 29.2 Å². The van der Waals surface area contributed by atoms with Gasteiger partial charge in [-0.25, -0.2) is 4.79 Å². The average Bonchev–Trinajstić information content (AvgIpc) is 2.95. The molecule has 0 radical (unpaired) electrons. The Morgan fingerprint density at radius 3 is 2.81 bits per heavy atom. The molecule has 1 aliphatic heterocycles. The molecule has 1 saturated heterocycles. The van der Waals surface area contributed by atoms with E-state index in [0.717, 1.165) is 6.07 Å². The number of nitro benzene ring substituents is 1. The van der Waals surface area contributed by atoms with E-state index in [1.54, 1.807) is 0 Å². The number of ether oxygens (including phenoxy) is 1. The number of methoxy groups -OCH3 is 1. The van der Waals surface area contributed by atoms with Crippen LogP contribution in [0.25, 0.3) is 0 Å². The summed E-state index contributed by atoms with van der Waals surface area (Å²) in [5, 5.41) is 10.8. The average molecular weight is 313 g/mol. The smallest absolute Gasteiger partial charge is 0.328 e. The molecule has 1 amide bonds. The van der Waals surface area contributed by atoms with Crippen molar-refractivity contribution in [2.24, 2.45) is 0 Å². The van der Waals surface area contributed by atoms with Crippen LogP contribution in [0.1, 0.15) is 23.2 Å². The van der Waals surface area contributed by atoms with Crippen LogP contribution in [-0.2, 0) is 9.53 Å². The Morgan fingerprint density at radius 1 is 1.48 bits per heavy atom. The number of carbonyl (C=O) groups is 2. The van der Waals surface area contributed by atoms with Crippen molar-refractivity contribution in [2.75, 3.05) is 13.7 Å². The van der Waals surface area contributed by atoms with Crippen LogP contribution in [0.3, 0.4) is 0 Å². The molecule has 1 aliphatic rings. The predicted molar refractivity (Wildman–Crippen MR) is 74.2 cm³/mol. The molecule has 1 heterocycles. The molecule has 7 nitrogen and oxygen atoms in total. The van der Waals surface area contributed by atoms with E-state index in [1.165, 1.54) is 24.1 Å². The third kappa shape index (κ3) is 2.97. The Morgan fingerprint density at radius 2 is 2.19 bits per heavy atom. The standard InChI is InChI=1S/C13H13ClN2O5/c1-21-13(18)10-3-2-6-15(10)12(17)8-4-5-9(14)11(7-8)16(19)20/h4-5,7,10H,2-3,6H2,1H3/t10-/m0/s1. The number of benzene rings is 1. The topological polar surface area (TPSA) is 89.8 Å². The van der Waals surface area contributed by atoms with Gasteiger partial charge < -0.3 is 9.64 Å². The summed E-state index contributed by atoms with van der Waals surface area (Å²) in [6.45, 7) is 0.412. The molecule has 1 aromatic carbocycles. The highest BCUT2D eigenvalue weighted by molar-refractivity contribution is 6.32. The quantitative estimate of drug-likeness (QED) is 0.484. The Labute approximate surface area is 125 Å². The maximum Gasteiger partial charge on any atom is 0.328 e. The van der Waals surface area contributed by atoms with Gasteiger partial charge >= 0.3 is 5.97 Å². The third-order valence-electron chi connectivity index (χ3n) is 3.38. The lowest BCUT2D eigenvalue weighted by molar-refractivity contribution is -0.384. The maximum atomic E-state index is 12.4. The summed E-state index contributed by atoms with van der Waals surface area (Å²) in [6.07, 6.45) is 1.20. The molecule has 1 atom stereocenters. The van der Waals surface area contributed by atoms with Crippen molar-refractivity contribution in [1.82, 2.24) is 4.90 Å². The third-order valence-corrected chi connectivity index (χ3v) is 3.70. The van der Waals surface area contributed by atoms with Crippen molar-refractivity contribution in [1.29, 1.82) is 0 Å². The molecular weight excluding hydrogens is 300 g/mol. The number of amides is 1. The minimum absolute atomic E-state index is 0.0394. The van der Waals surface area contributed by atoms with Gasteiger partial charge in [-0.05, 0) is 25.0 Å². The van der Waals surface area contributed by atoms with Crippen LogP contribution >= 0.6 is 11.6 Å². The van der Waals surface area contributed by atoms with Crippen LogP contribution in [0.5, 0.6) is 0 Å². The molecule has 21 heavy (non-hydrogen) atoms. The molecule has 1 fully saturated rings. The Hall–Kier alpha value is -2.15. The fourth-order valence-electron chi connectivity index (χ4n) is 2.34. The first kappa shape index (κ1) is 15.2. The Bertz CT molecular complexity index is 604. The van der Waals surface area contributed by atoms with Crippen LogP contribution < -0.4 is 0 Å². The molecule has 2 rings (SSSR count). The predicted octanol–water partition coefficient (Wildman–Crippen LogP) is 2.03. The van der Waals surface area contributed by atoms with E-state index in [0.29, 0.717) is 19.4 Å². The lowest BCUT2D eigenvalue weighted by Crippen LogP contribution is -2.41. The van der Waals surface area contributed by atoms with Crippen molar-refractivity contribution in [3.05, 3.63) is 38.9 Å². The van der Waals surface area contributed by atoms with Gasteiger partial charge in [0.15, 0.2) is 0 Å². The van der Waals surface area contributed by atoms with Crippen molar-refractivity contribution in [3.63, 3.8) is 0 Å². The highest BCUT2D eigenvalue weighted by atomic mass is 35.5. The molecule has 0 N–H and O–H groups in total. The molecule has 0 aromatic heterocycles. The van der Waals surface area contributed by atoms with Crippen LogP contribution in [0.4, 0.5) is 5.69 Å². The lowest BCUT2D eigenvalue weighted by atomic mass is 10.1. The number of hydrogen-bond donors (Lipinski definition) is 0. The molecule has 112 valence electrons. The minimum atomic E-state index is -0.652. The van der Waals surface area contributed by atoms with E-state index in [-0.39, 0.29) is 16.3 Å². The molecule has 0 saturated carbocycles. The van der Waals surface area contributed by atoms with Gasteiger partial charge in [0, 0.05) is 18.2 Å². The molecule has 0 aliphatic carbocycles. The summed E-state index contributed by atoms with van der Waals surface area (Å²) in [4.78, 5) is 35.6. The summed E-state index contributed by atoms with van der Waals surface area (Å²) in [5.74, 6) is -0.924. The molecular formula is C13H13ClN2O5. The fourth-order valence-corrected chi connectivity index (χ4v) is 2.53. The maximum absolute atomic E-state index is 12.4. The zero-order valence-electron chi connectivity index (χ0n) is 11.2. The van der Waals surface area contributed by atoms with Crippen molar-refractivity contribution < 1.29 is 19.2 Å². The van der Waals surface area contributed by atoms with Gasteiger partial charge in [0.05, 0.1) is 12.0 Å². The van der Waals surface area contributed by atoms with Crippen LogP contribution in [0, 0.1) is 10.1 Å². The number of rotatable bonds is 3. The molecule has 0 bridgehead atoms. The van der Waals surface area contributed by atoms with Gasteiger partial charge in [0.25, 0.3) is 11.6 Å². The number of halogens is 1. The fraction of sp³-hybridized carbons (Fsp3) is 0.385. The highest BCUT2D eigenvalue weighted by Gasteiger charge is 2.35. The number of carbonyl (C=O) groups excluding carboxylic acids is 2. The van der Waals surface area contributed by atoms with Crippen LogP contribution in [0.2, 0.25) is 5.02 Å². The molecule has 0 spiro atoms. The first-order chi connectivity index (χ1) is 9.95. The summed E-state index contributed by atoms with van der Waals surface area (Å²) in [6, 6.07) is 3.19. The summed E-state index contributed by atoms with van der Waals surface area (Å²) >= 11 is 5.72. The Kier molecular flexibility index (Phi) is 4.42. The van der Waals surface area contributed by atoms with E-state index in [4.69, 9.17) is 11.6 Å². The van der Waals surface area contributed by atoms with Gasteiger partial charge in [-0.15, -0.1) is 0 Å². The van der Waals surface area contributed by atoms with Gasteiger partial charge in [-0.1, -0.05) is 11.6 Å². The highest BCUT2D eigenvalue weighted by Crippen LogP contribution is 2.27. The van der Waals surface area contributed by atoms with Gasteiger partial charge in [-0.3, -0.25) is 14.9 Å². The second-order valence-electron chi connectivity index (χ2n) is 4.60. The van der Waals surface area contributed by atoms with E-state index in [1.807, 2.05) is 0 Å². The van der Waals surface area contributed by atoms with Crippen LogP contribution in [-0.4, -0.2) is 41.4 Å². The zero-order valence-corrected chi connectivity index (χ0v) is 12.0. The summed E-state index contributed by atoms with van der Waals surface area (Å²) < 4.78 is 4.67. The largest absolute Gasteiger partial charge is 0.467 e. The normalized spacial score (nSPS) is 17.6. The second kappa shape index (κ2) is 6.09. The SMILES string of the molecule is COC(=O)[C@@H]1CCCN1C(=O)c1ccc(Cl)c([N+](=O)[O-])c1. The number of nitrogens with zero attached hydrogens (tertiary/aromatic N) is 2.